The summed E-state index contributed by atoms with van der Waals surface area (Å²) >= 11 is 0. The van der Waals surface area contributed by atoms with Crippen LogP contribution >= 0.6 is 0 Å². The van der Waals surface area contributed by atoms with E-state index in [9.17, 15) is 19.5 Å². The van der Waals surface area contributed by atoms with Gasteiger partial charge in [-0.15, -0.1) is 0 Å². The number of ketones is 2. The Labute approximate surface area is 173 Å². The highest BCUT2D eigenvalue weighted by Crippen LogP contribution is 2.34. The minimum Gasteiger partial charge on any atom is -0.507 e. The number of hydrogen-bond acceptors (Lipinski definition) is 4. The number of nitrogens with one attached hydrogen (secondary N) is 1. The molecule has 0 spiro atoms. The maximum absolute atomic E-state index is 12.5. The lowest BCUT2D eigenvalue weighted by Crippen LogP contribution is -2.38. The van der Waals surface area contributed by atoms with E-state index in [4.69, 9.17) is 0 Å². The Bertz CT molecular complexity index is 807. The Balaban J connectivity index is 2.01. The zero-order chi connectivity index (χ0) is 21.6. The van der Waals surface area contributed by atoms with Gasteiger partial charge in [-0.3, -0.25) is 14.4 Å². The van der Waals surface area contributed by atoms with E-state index in [2.05, 4.69) is 12.2 Å². The average Bonchev–Trinajstić information content (AvgIpc) is 2.71. The molecule has 1 aliphatic rings. The van der Waals surface area contributed by atoms with Crippen LogP contribution in [0.15, 0.2) is 29.8 Å². The van der Waals surface area contributed by atoms with Crippen molar-refractivity contribution in [2.75, 3.05) is 6.54 Å². The number of carbonyl (C=O) groups excluding carboxylic acids is 3. The van der Waals surface area contributed by atoms with Crippen molar-refractivity contribution in [2.45, 2.75) is 66.2 Å². The van der Waals surface area contributed by atoms with Crippen LogP contribution in [0.2, 0.25) is 0 Å². The van der Waals surface area contributed by atoms with Crippen molar-refractivity contribution >= 4 is 23.2 Å². The molecular formula is C24H33NO4. The number of Topliss-reactive ketones (excluding diaryl/α,β-unsaturated/α-hetero) is 2. The van der Waals surface area contributed by atoms with Gasteiger partial charge in [0.2, 0.25) is 17.5 Å². The number of rotatable bonds is 10. The van der Waals surface area contributed by atoms with Crippen molar-refractivity contribution in [2.24, 2.45) is 11.3 Å². The molecule has 2 N–H and O–H groups in total. The van der Waals surface area contributed by atoms with E-state index in [0.29, 0.717) is 12.1 Å². The van der Waals surface area contributed by atoms with Crippen LogP contribution in [0.5, 0.6) is 0 Å². The molecule has 0 bridgehead atoms. The van der Waals surface area contributed by atoms with Crippen molar-refractivity contribution < 1.29 is 19.5 Å². The molecule has 2 rings (SSSR count). The van der Waals surface area contributed by atoms with Gasteiger partial charge >= 0.3 is 0 Å². The molecule has 1 atom stereocenters. The lowest BCUT2D eigenvalue weighted by atomic mass is 9.78. The van der Waals surface area contributed by atoms with Crippen LogP contribution < -0.4 is 5.32 Å². The van der Waals surface area contributed by atoms with E-state index in [0.717, 1.165) is 19.3 Å². The van der Waals surface area contributed by atoms with Crippen LogP contribution in [0.25, 0.3) is 5.76 Å². The maximum Gasteiger partial charge on any atom is 0.234 e. The maximum atomic E-state index is 12.5. The number of amides is 1. The monoisotopic (exact) mass is 399 g/mol. The molecule has 0 aromatic heterocycles. The second-order valence-corrected chi connectivity index (χ2v) is 8.84. The standard InChI is InChI=1S/C24H33NO4/c1-5-6-7-8-11-16(2)23(29)25-15-24(3,4)14-19-20(26)17-12-9-10-13-18(17)21(27)22(19)28/h9-10,12-13,16,26H,5-8,11,14-15H2,1-4H3,(H,25,29). The van der Waals surface area contributed by atoms with Gasteiger partial charge in [-0.25, -0.2) is 0 Å². The Morgan fingerprint density at radius 3 is 2.38 bits per heavy atom. The van der Waals surface area contributed by atoms with E-state index < -0.39 is 17.0 Å². The first kappa shape index (κ1) is 22.9. The zero-order valence-electron chi connectivity index (χ0n) is 18.0. The largest absolute Gasteiger partial charge is 0.507 e. The summed E-state index contributed by atoms with van der Waals surface area (Å²) in [5.74, 6) is -1.43. The quantitative estimate of drug-likeness (QED) is 0.435. The number of hydrogen-bond donors (Lipinski definition) is 2. The van der Waals surface area contributed by atoms with Crippen LogP contribution in [0.3, 0.4) is 0 Å². The van der Waals surface area contributed by atoms with Crippen LogP contribution in [0.4, 0.5) is 0 Å². The van der Waals surface area contributed by atoms with Gasteiger partial charge < -0.3 is 10.4 Å². The van der Waals surface area contributed by atoms with Crippen molar-refractivity contribution in [3.63, 3.8) is 0 Å². The molecule has 5 heteroatoms. The van der Waals surface area contributed by atoms with Gasteiger partial charge in [0.05, 0.1) is 0 Å². The number of allylic oxidation sites excluding steroid dienone is 1. The Hall–Kier alpha value is -2.43. The molecule has 1 aromatic carbocycles. The number of unbranched alkanes of at least 4 members (excludes halogenated alkanes) is 3. The molecule has 0 saturated carbocycles. The molecule has 5 nitrogen and oxygen atoms in total. The van der Waals surface area contributed by atoms with E-state index in [1.165, 1.54) is 12.8 Å². The van der Waals surface area contributed by atoms with Crippen molar-refractivity contribution in [1.29, 1.82) is 0 Å². The smallest absolute Gasteiger partial charge is 0.234 e. The summed E-state index contributed by atoms with van der Waals surface area (Å²) in [5, 5.41) is 13.6. The van der Waals surface area contributed by atoms with Gasteiger partial charge in [-0.05, 0) is 18.3 Å². The van der Waals surface area contributed by atoms with Crippen molar-refractivity contribution in [3.05, 3.63) is 41.0 Å². The number of aliphatic hydroxyl groups is 1. The minimum absolute atomic E-state index is 0.00386. The SMILES string of the molecule is CCCCCCC(C)C(=O)NCC(C)(C)CC1=C(O)c2ccccc2C(=O)C1=O. The van der Waals surface area contributed by atoms with E-state index in [-0.39, 0.29) is 35.1 Å². The number of fused-ring (bicyclic) bond motifs is 1. The lowest BCUT2D eigenvalue weighted by molar-refractivity contribution is -0.125. The topological polar surface area (TPSA) is 83.5 Å². The van der Waals surface area contributed by atoms with Crippen molar-refractivity contribution in [3.8, 4) is 0 Å². The van der Waals surface area contributed by atoms with E-state index in [1.807, 2.05) is 20.8 Å². The highest BCUT2D eigenvalue weighted by Gasteiger charge is 2.35. The molecule has 0 fully saturated rings. The molecule has 1 aromatic rings. The fourth-order valence-electron chi connectivity index (χ4n) is 3.63. The number of carbonyl (C=O) groups is 3. The first-order chi connectivity index (χ1) is 13.7. The first-order valence-corrected chi connectivity index (χ1v) is 10.6. The predicted molar refractivity (Wildman–Crippen MR) is 115 cm³/mol. The van der Waals surface area contributed by atoms with Gasteiger partial charge in [0, 0.05) is 29.2 Å². The number of benzene rings is 1. The third-order valence-corrected chi connectivity index (χ3v) is 5.53. The summed E-state index contributed by atoms with van der Waals surface area (Å²) in [5.41, 5.74) is 0.276. The fraction of sp³-hybridized carbons (Fsp3) is 0.542. The summed E-state index contributed by atoms with van der Waals surface area (Å²) in [6.45, 7) is 8.29. The summed E-state index contributed by atoms with van der Waals surface area (Å²) in [7, 11) is 0. The first-order valence-electron chi connectivity index (χ1n) is 10.6. The van der Waals surface area contributed by atoms with Gasteiger partial charge in [-0.1, -0.05) is 77.6 Å². The molecule has 0 radical (unpaired) electrons. The van der Waals surface area contributed by atoms with Gasteiger partial charge in [-0.2, -0.15) is 0 Å². The summed E-state index contributed by atoms with van der Waals surface area (Å²) in [6, 6.07) is 6.59. The molecule has 1 aliphatic carbocycles. The fourth-order valence-corrected chi connectivity index (χ4v) is 3.63. The minimum atomic E-state index is -0.662. The van der Waals surface area contributed by atoms with E-state index >= 15 is 0 Å². The Morgan fingerprint density at radius 2 is 1.72 bits per heavy atom. The Morgan fingerprint density at radius 1 is 1.07 bits per heavy atom. The van der Waals surface area contributed by atoms with Crippen molar-refractivity contribution in [1.82, 2.24) is 5.32 Å². The van der Waals surface area contributed by atoms with Gasteiger partial charge in [0.25, 0.3) is 0 Å². The molecule has 0 saturated heterocycles. The number of aliphatic hydroxyl groups excluding tert-OH is 1. The van der Waals surface area contributed by atoms with Crippen LogP contribution in [-0.4, -0.2) is 29.1 Å². The van der Waals surface area contributed by atoms with Gasteiger partial charge in [0.1, 0.15) is 5.76 Å². The highest BCUT2D eigenvalue weighted by molar-refractivity contribution is 6.52. The third-order valence-electron chi connectivity index (χ3n) is 5.53. The van der Waals surface area contributed by atoms with E-state index in [1.54, 1.807) is 24.3 Å². The lowest BCUT2D eigenvalue weighted by Gasteiger charge is -2.28. The normalized spacial score (nSPS) is 15.3. The summed E-state index contributed by atoms with van der Waals surface area (Å²) < 4.78 is 0. The second kappa shape index (κ2) is 9.86. The molecule has 1 unspecified atom stereocenters. The average molecular weight is 400 g/mol. The molecule has 0 heterocycles. The highest BCUT2D eigenvalue weighted by atomic mass is 16.3. The molecule has 0 aliphatic heterocycles. The zero-order valence-corrected chi connectivity index (χ0v) is 18.0. The Kier molecular flexibility index (Phi) is 7.77. The summed E-state index contributed by atoms with van der Waals surface area (Å²) in [6.07, 6.45) is 5.62. The van der Waals surface area contributed by atoms with Gasteiger partial charge in [0.15, 0.2) is 0 Å². The van der Waals surface area contributed by atoms with Crippen LogP contribution in [0.1, 0.15) is 82.1 Å². The van der Waals surface area contributed by atoms with Crippen LogP contribution in [0, 0.1) is 11.3 Å². The predicted octanol–water partition coefficient (Wildman–Crippen LogP) is 4.86. The molecule has 29 heavy (non-hydrogen) atoms. The third kappa shape index (κ3) is 5.78. The second-order valence-electron chi connectivity index (χ2n) is 8.84. The molecular weight excluding hydrogens is 366 g/mol. The van der Waals surface area contributed by atoms with Crippen LogP contribution in [-0.2, 0) is 9.59 Å². The molecule has 158 valence electrons. The molecule has 1 amide bonds. The summed E-state index contributed by atoms with van der Waals surface area (Å²) in [4.78, 5) is 37.3.